The molecule has 0 aromatic carbocycles. The zero-order valence-corrected chi connectivity index (χ0v) is 16.2. The van der Waals surface area contributed by atoms with E-state index in [1.807, 2.05) is 12.2 Å². The van der Waals surface area contributed by atoms with E-state index in [0.29, 0.717) is 0 Å². The van der Waals surface area contributed by atoms with Crippen LogP contribution in [0.4, 0.5) is 0 Å². The summed E-state index contributed by atoms with van der Waals surface area (Å²) in [6, 6.07) is 0. The second kappa shape index (κ2) is 13.2. The third kappa shape index (κ3) is 9.72. The van der Waals surface area contributed by atoms with E-state index in [4.69, 9.17) is 5.11 Å². The Labute approximate surface area is 125 Å². The Hall–Kier alpha value is 0.239. The molecule has 0 aliphatic carbocycles. The quantitative estimate of drug-likeness (QED) is 0.355. The van der Waals surface area contributed by atoms with Crippen LogP contribution in [0.2, 0.25) is 13.3 Å². The third-order valence-corrected chi connectivity index (χ3v) is 18.0. The molecular weight excluding hydrogens is 339 g/mol. The van der Waals surface area contributed by atoms with Crippen LogP contribution < -0.4 is 0 Å². The fourth-order valence-electron chi connectivity index (χ4n) is 2.61. The van der Waals surface area contributed by atoms with Crippen LogP contribution in [0.25, 0.3) is 0 Å². The van der Waals surface area contributed by atoms with Gasteiger partial charge in [0.15, 0.2) is 0 Å². The van der Waals surface area contributed by atoms with E-state index in [2.05, 4.69) is 30.9 Å². The van der Waals surface area contributed by atoms with Gasteiger partial charge in [0.05, 0.1) is 0 Å². The molecule has 1 nitrogen and oxygen atoms in total. The topological polar surface area (TPSA) is 20.2 Å². The number of hydrogen-bond donors (Lipinski definition) is 1. The molecule has 0 heterocycles. The van der Waals surface area contributed by atoms with E-state index >= 15 is 0 Å². The Balaban J connectivity index is 4.75. The molecule has 0 radical (unpaired) electrons. The average Bonchev–Trinajstić information content (AvgIpc) is 2.44. The SMILES string of the molecule is CCC[CH2][Sn](/[CH]=C/C=C\CO)([CH2]CCC)[CH2]CCC. The van der Waals surface area contributed by atoms with E-state index in [9.17, 15) is 0 Å². The number of hydrogen-bond acceptors (Lipinski definition) is 1. The molecule has 0 saturated carbocycles. The van der Waals surface area contributed by atoms with E-state index in [1.54, 1.807) is 0 Å². The van der Waals surface area contributed by atoms with Crippen molar-refractivity contribution >= 4 is 18.4 Å². The molecule has 19 heavy (non-hydrogen) atoms. The van der Waals surface area contributed by atoms with Crippen LogP contribution in [0.3, 0.4) is 0 Å². The summed E-state index contributed by atoms with van der Waals surface area (Å²) < 4.78 is 7.19. The number of rotatable bonds is 12. The summed E-state index contributed by atoms with van der Waals surface area (Å²) in [6.07, 6.45) is 14.4. The third-order valence-electron chi connectivity index (χ3n) is 3.89. The van der Waals surface area contributed by atoms with Gasteiger partial charge in [0.25, 0.3) is 0 Å². The van der Waals surface area contributed by atoms with Crippen molar-refractivity contribution < 1.29 is 5.11 Å². The summed E-state index contributed by atoms with van der Waals surface area (Å²) in [5.41, 5.74) is 0. The summed E-state index contributed by atoms with van der Waals surface area (Å²) in [6.45, 7) is 7.09. The second-order valence-corrected chi connectivity index (χ2v) is 18.7. The van der Waals surface area contributed by atoms with Gasteiger partial charge in [-0.15, -0.1) is 0 Å². The van der Waals surface area contributed by atoms with Gasteiger partial charge in [-0.25, -0.2) is 0 Å². The molecule has 2 heteroatoms. The van der Waals surface area contributed by atoms with Gasteiger partial charge in [0.1, 0.15) is 0 Å². The van der Waals surface area contributed by atoms with Crippen LogP contribution in [-0.4, -0.2) is 30.1 Å². The summed E-state index contributed by atoms with van der Waals surface area (Å²) in [5.74, 6) is 0. The first-order valence-electron chi connectivity index (χ1n) is 8.20. The van der Waals surface area contributed by atoms with Crippen molar-refractivity contribution in [2.45, 2.75) is 72.6 Å². The molecule has 0 saturated heterocycles. The molecule has 0 aromatic rings. The Morgan fingerprint density at radius 1 is 0.789 bits per heavy atom. The summed E-state index contributed by atoms with van der Waals surface area (Å²) in [7, 11) is 0. The molecule has 0 amide bonds. The Kier molecular flexibility index (Phi) is 13.4. The van der Waals surface area contributed by atoms with Crippen LogP contribution in [-0.2, 0) is 0 Å². The number of aliphatic hydroxyl groups excluding tert-OH is 1. The van der Waals surface area contributed by atoms with E-state index < -0.39 is 18.4 Å². The first kappa shape index (κ1) is 19.2. The molecule has 0 spiro atoms. The fourth-order valence-corrected chi connectivity index (χ4v) is 16.7. The average molecular weight is 373 g/mol. The Bertz CT molecular complexity index is 224. The van der Waals surface area contributed by atoms with Gasteiger partial charge in [-0.2, -0.15) is 0 Å². The summed E-state index contributed by atoms with van der Waals surface area (Å²) in [5, 5.41) is 8.82. The van der Waals surface area contributed by atoms with Gasteiger partial charge in [-0.3, -0.25) is 0 Å². The Morgan fingerprint density at radius 2 is 1.26 bits per heavy atom. The van der Waals surface area contributed by atoms with Gasteiger partial charge in [0, 0.05) is 0 Å². The van der Waals surface area contributed by atoms with E-state index in [-0.39, 0.29) is 6.61 Å². The molecular formula is C17H34OSn. The number of unbranched alkanes of at least 4 members (excludes halogenated alkanes) is 3. The van der Waals surface area contributed by atoms with Gasteiger partial charge < -0.3 is 0 Å². The maximum absolute atomic E-state index is 8.82. The van der Waals surface area contributed by atoms with Crippen LogP contribution in [0, 0.1) is 0 Å². The van der Waals surface area contributed by atoms with Crippen molar-refractivity contribution in [1.82, 2.24) is 0 Å². The predicted molar refractivity (Wildman–Crippen MR) is 90.3 cm³/mol. The Morgan fingerprint density at radius 3 is 1.63 bits per heavy atom. The monoisotopic (exact) mass is 374 g/mol. The molecule has 0 aliphatic rings. The summed E-state index contributed by atoms with van der Waals surface area (Å²) in [4.78, 5) is 0. The zero-order valence-electron chi connectivity index (χ0n) is 13.3. The molecule has 0 aliphatic heterocycles. The van der Waals surface area contributed by atoms with Gasteiger partial charge in [-0.1, -0.05) is 0 Å². The normalized spacial score (nSPS) is 12.8. The number of allylic oxidation sites excluding steroid dienone is 2. The van der Waals surface area contributed by atoms with Gasteiger partial charge in [-0.05, 0) is 0 Å². The summed E-state index contributed by atoms with van der Waals surface area (Å²) >= 11 is -2.05. The maximum atomic E-state index is 8.82. The molecule has 112 valence electrons. The fraction of sp³-hybridized carbons (Fsp3) is 0.765. The van der Waals surface area contributed by atoms with Crippen molar-refractivity contribution in [3.05, 3.63) is 22.3 Å². The van der Waals surface area contributed by atoms with Crippen LogP contribution >= 0.6 is 0 Å². The predicted octanol–water partition coefficient (Wildman–Crippen LogP) is 5.48. The first-order chi connectivity index (χ1) is 9.24. The van der Waals surface area contributed by atoms with E-state index in [1.165, 1.54) is 51.8 Å². The molecule has 1 N–H and O–H groups in total. The molecule has 0 fully saturated rings. The standard InChI is InChI=1S/C5H7O.3C4H9.Sn/c1-2-3-4-5-6;3*1-3-4-2;/h1-4,6H,5H2;3*1,3-4H2,2H3;/b2-1?,4-3-;;;;. The number of aliphatic hydroxyl groups is 1. The minimum absolute atomic E-state index is 0.158. The molecule has 0 aromatic heterocycles. The molecule has 0 bridgehead atoms. The van der Waals surface area contributed by atoms with Crippen molar-refractivity contribution in [3.8, 4) is 0 Å². The van der Waals surface area contributed by atoms with Crippen molar-refractivity contribution in [1.29, 1.82) is 0 Å². The van der Waals surface area contributed by atoms with Crippen LogP contribution in [0.5, 0.6) is 0 Å². The zero-order chi connectivity index (χ0) is 14.4. The van der Waals surface area contributed by atoms with Crippen molar-refractivity contribution in [3.63, 3.8) is 0 Å². The molecule has 0 unspecified atom stereocenters. The second-order valence-electron chi connectivity index (χ2n) is 5.64. The van der Waals surface area contributed by atoms with Gasteiger partial charge >= 0.3 is 125 Å². The molecule has 0 rings (SSSR count). The van der Waals surface area contributed by atoms with Crippen molar-refractivity contribution in [2.75, 3.05) is 6.61 Å². The molecule has 0 atom stereocenters. The van der Waals surface area contributed by atoms with Crippen LogP contribution in [0.15, 0.2) is 22.3 Å². The minimum atomic E-state index is -2.05. The van der Waals surface area contributed by atoms with Crippen LogP contribution in [0.1, 0.15) is 59.3 Å². The van der Waals surface area contributed by atoms with Gasteiger partial charge in [0.2, 0.25) is 0 Å². The first-order valence-corrected chi connectivity index (χ1v) is 15.9. The van der Waals surface area contributed by atoms with E-state index in [0.717, 1.165) is 0 Å². The van der Waals surface area contributed by atoms with Crippen molar-refractivity contribution in [2.24, 2.45) is 0 Å².